The van der Waals surface area contributed by atoms with Gasteiger partial charge in [0.15, 0.2) is 6.23 Å². The fourth-order valence-corrected chi connectivity index (χ4v) is 3.11. The zero-order valence-electron chi connectivity index (χ0n) is 15.2. The average Bonchev–Trinajstić information content (AvgIpc) is 2.66. The summed E-state index contributed by atoms with van der Waals surface area (Å²) >= 11 is 5.98. The summed E-state index contributed by atoms with van der Waals surface area (Å²) in [5.74, 6) is -1.13. The van der Waals surface area contributed by atoms with Crippen molar-refractivity contribution in [2.45, 2.75) is 23.4 Å². The van der Waals surface area contributed by atoms with Crippen molar-refractivity contribution in [1.82, 2.24) is 9.97 Å². The van der Waals surface area contributed by atoms with Crippen LogP contribution >= 0.6 is 11.6 Å². The van der Waals surface area contributed by atoms with Crippen LogP contribution in [-0.4, -0.2) is 55.2 Å². The molecule has 10 nitrogen and oxygen atoms in total. The van der Waals surface area contributed by atoms with Crippen LogP contribution in [0.2, 0.25) is 0 Å². The Bertz CT molecular complexity index is 947. The summed E-state index contributed by atoms with van der Waals surface area (Å²) in [5, 5.41) is 14.8. The molecule has 2 aromatic rings. The fourth-order valence-electron chi connectivity index (χ4n) is 2.27. The number of alkyl halides is 1. The third-order valence-electron chi connectivity index (χ3n) is 3.62. The Labute approximate surface area is 166 Å². The Morgan fingerprint density at radius 1 is 1.21 bits per heavy atom. The number of primary sulfonamides is 1. The predicted octanol–water partition coefficient (Wildman–Crippen LogP) is 0.734. The van der Waals surface area contributed by atoms with Gasteiger partial charge in [0.2, 0.25) is 27.7 Å². The van der Waals surface area contributed by atoms with Crippen LogP contribution in [0.5, 0.6) is 11.8 Å². The molecule has 0 bridgehead atoms. The zero-order chi connectivity index (χ0) is 21.1. The lowest BCUT2D eigenvalue weighted by atomic mass is 10.2. The minimum atomic E-state index is -4.22. The lowest BCUT2D eigenvalue weighted by molar-refractivity contribution is 0.0878. The van der Waals surface area contributed by atoms with Crippen molar-refractivity contribution < 1.29 is 27.8 Å². The Morgan fingerprint density at radius 3 is 2.21 bits per heavy atom. The van der Waals surface area contributed by atoms with E-state index >= 15 is 0 Å². The monoisotopic (exact) mass is 430 g/mol. The van der Waals surface area contributed by atoms with Crippen LogP contribution in [0.15, 0.2) is 35.2 Å². The maximum absolute atomic E-state index is 13.2. The highest BCUT2D eigenvalue weighted by Gasteiger charge is 2.33. The molecule has 0 saturated heterocycles. The Morgan fingerprint density at radius 2 is 1.75 bits per heavy atom. The summed E-state index contributed by atoms with van der Waals surface area (Å²) < 4.78 is 33.8. The van der Waals surface area contributed by atoms with Gasteiger partial charge in [-0.3, -0.25) is 4.79 Å². The minimum Gasteiger partial charge on any atom is -0.481 e. The molecule has 1 aromatic carbocycles. The number of carbonyl (C=O) groups excluding carboxylic acids is 1. The van der Waals surface area contributed by atoms with Crippen LogP contribution in [-0.2, 0) is 10.0 Å². The van der Waals surface area contributed by atoms with Crippen molar-refractivity contribution in [2.75, 3.05) is 19.1 Å². The van der Waals surface area contributed by atoms with E-state index in [0.29, 0.717) is 0 Å². The van der Waals surface area contributed by atoms with Crippen LogP contribution < -0.4 is 19.5 Å². The predicted molar refractivity (Wildman–Crippen MR) is 101 cm³/mol. The lowest BCUT2D eigenvalue weighted by Crippen LogP contribution is -2.46. The van der Waals surface area contributed by atoms with Crippen LogP contribution in [0.4, 0.5) is 5.95 Å². The van der Waals surface area contributed by atoms with Crippen LogP contribution in [0.1, 0.15) is 17.3 Å². The van der Waals surface area contributed by atoms with Crippen LogP contribution in [0.3, 0.4) is 0 Å². The molecule has 0 spiro atoms. The number of hydrogen-bond acceptors (Lipinski definition) is 8. The number of methoxy groups -OCH3 is 2. The van der Waals surface area contributed by atoms with E-state index in [0.717, 1.165) is 4.90 Å². The van der Waals surface area contributed by atoms with Crippen LogP contribution in [0, 0.1) is 0 Å². The molecule has 3 N–H and O–H groups in total. The van der Waals surface area contributed by atoms with Gasteiger partial charge in [0.05, 0.1) is 36.1 Å². The summed E-state index contributed by atoms with van der Waals surface area (Å²) in [7, 11) is -1.53. The number of anilines is 1. The SMILES string of the molecule is COc1cc(OC)nc(N(C(=O)c2ccccc2S(N)(=O)=O)C(O)C(C)Cl)n1. The second-order valence-electron chi connectivity index (χ2n) is 5.56. The largest absolute Gasteiger partial charge is 0.481 e. The first-order chi connectivity index (χ1) is 13.1. The van der Waals surface area contributed by atoms with E-state index in [1.165, 1.54) is 51.5 Å². The van der Waals surface area contributed by atoms with Crippen molar-refractivity contribution in [3.63, 3.8) is 0 Å². The molecule has 2 unspecified atom stereocenters. The highest BCUT2D eigenvalue weighted by molar-refractivity contribution is 7.89. The minimum absolute atomic E-state index is 0.0498. The smallest absolute Gasteiger partial charge is 0.264 e. The van der Waals surface area contributed by atoms with Crippen molar-refractivity contribution >= 4 is 33.5 Å². The number of carbonyl (C=O) groups is 1. The molecule has 1 amide bonds. The number of benzene rings is 1. The maximum atomic E-state index is 13.2. The van der Waals surface area contributed by atoms with Gasteiger partial charge < -0.3 is 14.6 Å². The number of hydrogen-bond donors (Lipinski definition) is 2. The average molecular weight is 431 g/mol. The van der Waals surface area contributed by atoms with Gasteiger partial charge in [-0.05, 0) is 19.1 Å². The first-order valence-electron chi connectivity index (χ1n) is 7.84. The number of ether oxygens (including phenoxy) is 2. The quantitative estimate of drug-likeness (QED) is 0.483. The molecule has 28 heavy (non-hydrogen) atoms. The molecule has 2 atom stereocenters. The first-order valence-corrected chi connectivity index (χ1v) is 9.83. The van der Waals surface area contributed by atoms with Gasteiger partial charge in [-0.2, -0.15) is 9.97 Å². The number of aliphatic hydroxyl groups is 1. The molecular formula is C16H19ClN4O6S. The van der Waals surface area contributed by atoms with Gasteiger partial charge >= 0.3 is 0 Å². The summed E-state index contributed by atoms with van der Waals surface area (Å²) in [4.78, 5) is 21.6. The van der Waals surface area contributed by atoms with E-state index in [2.05, 4.69) is 9.97 Å². The second kappa shape index (κ2) is 8.69. The molecule has 152 valence electrons. The number of amides is 1. The van der Waals surface area contributed by atoms with E-state index in [-0.39, 0.29) is 23.3 Å². The number of nitrogens with zero attached hydrogens (tertiary/aromatic N) is 3. The third kappa shape index (κ3) is 4.68. The lowest BCUT2D eigenvalue weighted by Gasteiger charge is -2.28. The second-order valence-corrected chi connectivity index (χ2v) is 7.78. The fraction of sp³-hybridized carbons (Fsp3) is 0.312. The molecule has 0 aliphatic heterocycles. The molecule has 2 rings (SSSR count). The number of rotatable bonds is 7. The molecule has 0 aliphatic rings. The molecular weight excluding hydrogens is 412 g/mol. The molecule has 1 heterocycles. The summed E-state index contributed by atoms with van der Waals surface area (Å²) in [6.45, 7) is 1.44. The van der Waals surface area contributed by atoms with Crippen molar-refractivity contribution in [1.29, 1.82) is 0 Å². The summed E-state index contributed by atoms with van der Waals surface area (Å²) in [6.07, 6.45) is -1.60. The molecule has 0 aliphatic carbocycles. The van der Waals surface area contributed by atoms with Gasteiger partial charge in [-0.15, -0.1) is 11.6 Å². The van der Waals surface area contributed by atoms with Crippen molar-refractivity contribution in [3.8, 4) is 11.8 Å². The van der Waals surface area contributed by atoms with Crippen molar-refractivity contribution in [2.24, 2.45) is 5.14 Å². The maximum Gasteiger partial charge on any atom is 0.264 e. The Kier molecular flexibility index (Phi) is 6.77. The highest BCUT2D eigenvalue weighted by Crippen LogP contribution is 2.26. The first kappa shape index (κ1) is 21.8. The number of aliphatic hydroxyl groups excluding tert-OH is 1. The van der Waals surface area contributed by atoms with Gasteiger partial charge in [0, 0.05) is 0 Å². The molecule has 12 heteroatoms. The van der Waals surface area contributed by atoms with Gasteiger partial charge in [0.1, 0.15) is 0 Å². The zero-order valence-corrected chi connectivity index (χ0v) is 16.8. The topological polar surface area (TPSA) is 145 Å². The van der Waals surface area contributed by atoms with Crippen LogP contribution in [0.25, 0.3) is 0 Å². The Hall–Kier alpha value is -2.47. The normalized spacial score (nSPS) is 13.5. The number of nitrogens with two attached hydrogens (primary N) is 1. The number of aromatic nitrogens is 2. The van der Waals surface area contributed by atoms with E-state index in [1.54, 1.807) is 0 Å². The van der Waals surface area contributed by atoms with E-state index in [1.807, 2.05) is 0 Å². The van der Waals surface area contributed by atoms with Gasteiger partial charge in [-0.1, -0.05) is 12.1 Å². The van der Waals surface area contributed by atoms with E-state index in [9.17, 15) is 18.3 Å². The molecule has 0 fully saturated rings. The molecule has 0 saturated carbocycles. The summed E-state index contributed by atoms with van der Waals surface area (Å²) in [6, 6.07) is 6.64. The number of halogens is 1. The number of sulfonamides is 1. The van der Waals surface area contributed by atoms with E-state index < -0.39 is 32.4 Å². The molecule has 1 aromatic heterocycles. The van der Waals surface area contributed by atoms with Crippen molar-refractivity contribution in [3.05, 3.63) is 35.9 Å². The Balaban J connectivity index is 2.69. The highest BCUT2D eigenvalue weighted by atomic mass is 35.5. The molecule has 0 radical (unpaired) electrons. The van der Waals surface area contributed by atoms with Gasteiger partial charge in [0.25, 0.3) is 5.91 Å². The standard InChI is InChI=1S/C16H19ClN4O6S/c1-9(17)14(22)21(16-19-12(26-2)8-13(20-16)27-3)15(23)10-6-4-5-7-11(10)28(18,24)25/h4-9,14,22H,1-3H3,(H2,18,24,25). The van der Waals surface area contributed by atoms with Gasteiger partial charge in [-0.25, -0.2) is 18.5 Å². The summed E-state index contributed by atoms with van der Waals surface area (Å²) in [5.41, 5.74) is -0.285. The third-order valence-corrected chi connectivity index (χ3v) is 4.81. The van der Waals surface area contributed by atoms with E-state index in [4.69, 9.17) is 26.2 Å².